The molecule has 0 fully saturated rings. The van der Waals surface area contributed by atoms with Gasteiger partial charge in [0.2, 0.25) is 0 Å². The van der Waals surface area contributed by atoms with Crippen molar-refractivity contribution in [2.45, 2.75) is 12.5 Å². The molecule has 0 bridgehead atoms. The summed E-state index contributed by atoms with van der Waals surface area (Å²) in [4.78, 5) is 11.0. The van der Waals surface area contributed by atoms with Gasteiger partial charge in [0.15, 0.2) is 6.10 Å². The van der Waals surface area contributed by atoms with Gasteiger partial charge in [-0.2, -0.15) is 0 Å². The third-order valence-electron chi connectivity index (χ3n) is 1.89. The Balaban J connectivity index is 2.80. The van der Waals surface area contributed by atoms with Crippen LogP contribution in [0.4, 0.5) is 0 Å². The van der Waals surface area contributed by atoms with Crippen molar-refractivity contribution in [3.63, 3.8) is 0 Å². The van der Waals surface area contributed by atoms with Crippen LogP contribution in [0.25, 0.3) is 0 Å². The standard InChI is InChI=1S/C10H10BrIO3/c1-15-10(14)9(13)5-6-4-7(12)2-3-8(6)11/h2-4,9,13H,5H2,1H3. The average Bonchev–Trinajstić information content (AvgIpc) is 2.22. The maximum absolute atomic E-state index is 11.0. The minimum atomic E-state index is -1.11. The summed E-state index contributed by atoms with van der Waals surface area (Å²) in [6.45, 7) is 0. The summed E-state index contributed by atoms with van der Waals surface area (Å²) in [5, 5.41) is 9.49. The van der Waals surface area contributed by atoms with E-state index in [0.717, 1.165) is 13.6 Å². The van der Waals surface area contributed by atoms with Gasteiger partial charge in [0.25, 0.3) is 0 Å². The SMILES string of the molecule is COC(=O)C(O)Cc1cc(I)ccc1Br. The van der Waals surface area contributed by atoms with Crippen molar-refractivity contribution in [3.05, 3.63) is 31.8 Å². The molecule has 0 aliphatic rings. The van der Waals surface area contributed by atoms with Gasteiger partial charge in [-0.25, -0.2) is 4.79 Å². The Bertz CT molecular complexity index is 368. The molecule has 0 aliphatic carbocycles. The number of halogens is 2. The van der Waals surface area contributed by atoms with Gasteiger partial charge in [-0.3, -0.25) is 0 Å². The number of rotatable bonds is 3. The normalized spacial score (nSPS) is 12.3. The van der Waals surface area contributed by atoms with E-state index < -0.39 is 12.1 Å². The first-order chi connectivity index (χ1) is 7.04. The van der Waals surface area contributed by atoms with E-state index in [0.29, 0.717) is 0 Å². The summed E-state index contributed by atoms with van der Waals surface area (Å²) in [7, 11) is 1.26. The molecule has 82 valence electrons. The second-order valence-corrected chi connectivity index (χ2v) is 5.08. The van der Waals surface area contributed by atoms with E-state index in [1.807, 2.05) is 18.2 Å². The van der Waals surface area contributed by atoms with Gasteiger partial charge in [-0.1, -0.05) is 15.9 Å². The molecule has 0 heterocycles. The lowest BCUT2D eigenvalue weighted by Crippen LogP contribution is -2.24. The number of carbonyl (C=O) groups is 1. The number of methoxy groups -OCH3 is 1. The summed E-state index contributed by atoms with van der Waals surface area (Å²) in [6.07, 6.45) is -0.853. The third-order valence-corrected chi connectivity index (χ3v) is 3.34. The average molecular weight is 385 g/mol. The summed E-state index contributed by atoms with van der Waals surface area (Å²) in [5.74, 6) is -0.610. The molecule has 3 nitrogen and oxygen atoms in total. The van der Waals surface area contributed by atoms with Crippen LogP contribution < -0.4 is 0 Å². The van der Waals surface area contributed by atoms with E-state index in [-0.39, 0.29) is 6.42 Å². The molecule has 0 saturated heterocycles. The Morgan fingerprint density at radius 3 is 2.93 bits per heavy atom. The zero-order valence-electron chi connectivity index (χ0n) is 8.04. The van der Waals surface area contributed by atoms with Crippen LogP contribution >= 0.6 is 38.5 Å². The van der Waals surface area contributed by atoms with Crippen molar-refractivity contribution in [2.24, 2.45) is 0 Å². The van der Waals surface area contributed by atoms with Crippen LogP contribution in [0.3, 0.4) is 0 Å². The van der Waals surface area contributed by atoms with Crippen molar-refractivity contribution in [2.75, 3.05) is 7.11 Å². The van der Waals surface area contributed by atoms with Crippen LogP contribution in [-0.2, 0) is 16.0 Å². The predicted molar refractivity (Wildman–Crippen MR) is 68.6 cm³/mol. The van der Waals surface area contributed by atoms with Gasteiger partial charge in [-0.15, -0.1) is 0 Å². The molecule has 1 atom stereocenters. The number of aliphatic hydroxyl groups excluding tert-OH is 1. The smallest absolute Gasteiger partial charge is 0.335 e. The van der Waals surface area contributed by atoms with Crippen molar-refractivity contribution in [3.8, 4) is 0 Å². The highest BCUT2D eigenvalue weighted by molar-refractivity contribution is 14.1. The first-order valence-corrected chi connectivity index (χ1v) is 6.11. The highest BCUT2D eigenvalue weighted by Gasteiger charge is 2.17. The van der Waals surface area contributed by atoms with Gasteiger partial charge >= 0.3 is 5.97 Å². The first kappa shape index (κ1) is 12.9. The lowest BCUT2D eigenvalue weighted by atomic mass is 10.1. The molecule has 15 heavy (non-hydrogen) atoms. The van der Waals surface area contributed by atoms with E-state index in [9.17, 15) is 9.90 Å². The molecule has 0 aliphatic heterocycles. The molecule has 0 amide bonds. The Morgan fingerprint density at radius 1 is 1.67 bits per heavy atom. The van der Waals surface area contributed by atoms with E-state index in [1.54, 1.807) is 0 Å². The molecular weight excluding hydrogens is 375 g/mol. The lowest BCUT2D eigenvalue weighted by molar-refractivity contribution is -0.150. The van der Waals surface area contributed by atoms with Crippen LogP contribution in [0.2, 0.25) is 0 Å². The fourth-order valence-corrected chi connectivity index (χ4v) is 2.09. The maximum Gasteiger partial charge on any atom is 0.335 e. The number of aliphatic hydroxyl groups is 1. The second kappa shape index (κ2) is 5.81. The Kier molecular flexibility index (Phi) is 5.01. The van der Waals surface area contributed by atoms with Gasteiger partial charge in [0, 0.05) is 14.5 Å². The van der Waals surface area contributed by atoms with Crippen LogP contribution in [0.15, 0.2) is 22.7 Å². The second-order valence-electron chi connectivity index (χ2n) is 2.98. The van der Waals surface area contributed by atoms with Crippen molar-refractivity contribution < 1.29 is 14.6 Å². The molecule has 1 unspecified atom stereocenters. The molecule has 0 radical (unpaired) electrons. The molecule has 1 aromatic carbocycles. The number of esters is 1. The van der Waals surface area contributed by atoms with Crippen LogP contribution in [0.5, 0.6) is 0 Å². The van der Waals surface area contributed by atoms with Gasteiger partial charge in [-0.05, 0) is 46.4 Å². The largest absolute Gasteiger partial charge is 0.467 e. The van der Waals surface area contributed by atoms with Crippen molar-refractivity contribution in [1.82, 2.24) is 0 Å². The zero-order chi connectivity index (χ0) is 11.4. The van der Waals surface area contributed by atoms with E-state index in [2.05, 4.69) is 43.3 Å². The summed E-state index contributed by atoms with van der Waals surface area (Å²) in [6, 6.07) is 5.75. The van der Waals surface area contributed by atoms with Crippen LogP contribution in [0.1, 0.15) is 5.56 Å². The zero-order valence-corrected chi connectivity index (χ0v) is 11.8. The minimum absolute atomic E-state index is 0.254. The summed E-state index contributed by atoms with van der Waals surface area (Å²) >= 11 is 5.54. The molecule has 5 heteroatoms. The van der Waals surface area contributed by atoms with Gasteiger partial charge in [0.1, 0.15) is 0 Å². The number of benzene rings is 1. The quantitative estimate of drug-likeness (QED) is 0.641. The maximum atomic E-state index is 11.0. The molecule has 1 aromatic rings. The van der Waals surface area contributed by atoms with Crippen molar-refractivity contribution >= 4 is 44.5 Å². The fraction of sp³-hybridized carbons (Fsp3) is 0.300. The summed E-state index contributed by atoms with van der Waals surface area (Å²) < 4.78 is 6.39. The highest BCUT2D eigenvalue weighted by Crippen LogP contribution is 2.21. The molecule has 0 saturated carbocycles. The van der Waals surface area contributed by atoms with Crippen LogP contribution in [-0.4, -0.2) is 24.3 Å². The number of carbonyl (C=O) groups excluding carboxylic acids is 1. The molecule has 0 aromatic heterocycles. The molecule has 1 rings (SSSR count). The van der Waals surface area contributed by atoms with E-state index >= 15 is 0 Å². The fourth-order valence-electron chi connectivity index (χ4n) is 1.13. The number of ether oxygens (including phenoxy) is 1. The Labute approximate surface area is 110 Å². The van der Waals surface area contributed by atoms with E-state index in [4.69, 9.17) is 0 Å². The minimum Gasteiger partial charge on any atom is -0.467 e. The third kappa shape index (κ3) is 3.73. The number of hydrogen-bond acceptors (Lipinski definition) is 3. The Hall–Kier alpha value is -0.140. The predicted octanol–water partition coefficient (Wildman–Crippen LogP) is 2.13. The lowest BCUT2D eigenvalue weighted by Gasteiger charge is -2.10. The van der Waals surface area contributed by atoms with Crippen LogP contribution in [0, 0.1) is 3.57 Å². The Morgan fingerprint density at radius 2 is 2.33 bits per heavy atom. The monoisotopic (exact) mass is 384 g/mol. The number of hydrogen-bond donors (Lipinski definition) is 1. The molecular formula is C10H10BrIO3. The summed E-state index contributed by atoms with van der Waals surface area (Å²) in [5.41, 5.74) is 0.889. The molecule has 0 spiro atoms. The van der Waals surface area contributed by atoms with E-state index in [1.165, 1.54) is 7.11 Å². The first-order valence-electron chi connectivity index (χ1n) is 4.24. The highest BCUT2D eigenvalue weighted by atomic mass is 127. The van der Waals surface area contributed by atoms with Gasteiger partial charge in [0.05, 0.1) is 7.11 Å². The van der Waals surface area contributed by atoms with Crippen molar-refractivity contribution in [1.29, 1.82) is 0 Å². The van der Waals surface area contributed by atoms with Gasteiger partial charge < -0.3 is 9.84 Å². The topological polar surface area (TPSA) is 46.5 Å². The molecule has 1 N–H and O–H groups in total.